The van der Waals surface area contributed by atoms with E-state index in [1.165, 1.54) is 0 Å². The normalized spacial score (nSPS) is 30.6. The number of aliphatic hydroxyl groups excluding tert-OH is 1. The fourth-order valence-electron chi connectivity index (χ4n) is 6.23. The second-order valence-electron chi connectivity index (χ2n) is 9.78. The number of amides is 2. The Morgan fingerprint density at radius 3 is 2.72 bits per heavy atom. The third kappa shape index (κ3) is 4.23. The summed E-state index contributed by atoms with van der Waals surface area (Å²) in [5.74, 6) is -1.86. The minimum absolute atomic E-state index is 0.0197. The third-order valence-electron chi connectivity index (χ3n) is 7.67. The molecule has 3 saturated heterocycles. The van der Waals surface area contributed by atoms with Gasteiger partial charge in [-0.2, -0.15) is 0 Å². The second kappa shape index (κ2) is 10.3. The van der Waals surface area contributed by atoms with Gasteiger partial charge in [0.25, 0.3) is 0 Å². The lowest BCUT2D eigenvalue weighted by molar-refractivity contribution is -0.153. The van der Waals surface area contributed by atoms with Gasteiger partial charge in [0.15, 0.2) is 0 Å². The first-order valence-corrected chi connectivity index (χ1v) is 14.4. The van der Waals surface area contributed by atoms with Crippen LogP contribution >= 0.6 is 27.7 Å². The number of halogens is 1. The highest BCUT2D eigenvalue weighted by Gasteiger charge is 2.75. The molecule has 5 rings (SSSR count). The van der Waals surface area contributed by atoms with E-state index in [0.717, 1.165) is 17.2 Å². The van der Waals surface area contributed by atoms with Gasteiger partial charge in [-0.05, 0) is 55.5 Å². The Kier molecular flexibility index (Phi) is 7.34. The van der Waals surface area contributed by atoms with E-state index in [9.17, 15) is 19.5 Å². The van der Waals surface area contributed by atoms with Gasteiger partial charge < -0.3 is 20.1 Å². The van der Waals surface area contributed by atoms with Gasteiger partial charge in [0.05, 0.1) is 23.2 Å². The first kappa shape index (κ1) is 25.5. The first-order chi connectivity index (χ1) is 17.4. The van der Waals surface area contributed by atoms with Crippen molar-refractivity contribution in [1.82, 2.24) is 4.90 Å². The molecular formula is C27H31BrN2O5S. The van der Waals surface area contributed by atoms with Crippen molar-refractivity contribution in [2.45, 2.75) is 53.5 Å². The number of nitrogens with one attached hydrogen (secondary N) is 1. The maximum absolute atomic E-state index is 13.9. The Labute approximate surface area is 223 Å². The summed E-state index contributed by atoms with van der Waals surface area (Å²) in [6, 6.07) is 13.1. The summed E-state index contributed by atoms with van der Waals surface area (Å²) in [4.78, 5) is 42.5. The molecule has 2 amide bonds. The average molecular weight is 576 g/mol. The van der Waals surface area contributed by atoms with Crippen molar-refractivity contribution < 1.29 is 24.2 Å². The number of likely N-dealkylation sites (tertiary alicyclic amines) is 1. The van der Waals surface area contributed by atoms with Crippen LogP contribution in [0.3, 0.4) is 0 Å². The highest BCUT2D eigenvalue weighted by Crippen LogP contribution is 2.67. The van der Waals surface area contributed by atoms with Gasteiger partial charge in [-0.15, -0.1) is 11.8 Å². The van der Waals surface area contributed by atoms with Gasteiger partial charge in [-0.25, -0.2) is 0 Å². The van der Waals surface area contributed by atoms with Crippen LogP contribution in [0.15, 0.2) is 42.5 Å². The quantitative estimate of drug-likeness (QED) is 0.267. The largest absolute Gasteiger partial charge is 0.466 e. The maximum Gasteiger partial charge on any atom is 0.310 e. The lowest BCUT2D eigenvalue weighted by atomic mass is 9.71. The molecule has 0 aromatic heterocycles. The van der Waals surface area contributed by atoms with Crippen LogP contribution in [0.25, 0.3) is 10.8 Å². The molecule has 36 heavy (non-hydrogen) atoms. The number of fused-ring (bicyclic) bond motifs is 2. The summed E-state index contributed by atoms with van der Waals surface area (Å²) in [6.45, 7) is 2.54. The molecule has 0 radical (unpaired) electrons. The number of aliphatic hydroxyl groups is 1. The van der Waals surface area contributed by atoms with Crippen LogP contribution in [0.4, 0.5) is 5.69 Å². The van der Waals surface area contributed by atoms with Gasteiger partial charge in [0.2, 0.25) is 11.8 Å². The zero-order valence-corrected chi connectivity index (χ0v) is 22.6. The molecular weight excluding hydrogens is 544 g/mol. The monoisotopic (exact) mass is 574 g/mol. The van der Waals surface area contributed by atoms with E-state index < -0.39 is 22.6 Å². The smallest absolute Gasteiger partial charge is 0.310 e. The first-order valence-electron chi connectivity index (χ1n) is 12.6. The lowest BCUT2D eigenvalue weighted by Crippen LogP contribution is -2.52. The molecule has 0 aliphatic carbocycles. The summed E-state index contributed by atoms with van der Waals surface area (Å²) in [5.41, 5.74) is 0.682. The van der Waals surface area contributed by atoms with E-state index in [2.05, 4.69) is 21.2 Å². The number of alkyl halides is 1. The number of unbranched alkanes of at least 4 members (excludes halogenated alkanes) is 2. The number of benzene rings is 2. The minimum Gasteiger partial charge on any atom is -0.466 e. The summed E-state index contributed by atoms with van der Waals surface area (Å²) >= 11 is 5.36. The van der Waals surface area contributed by atoms with Gasteiger partial charge in [-0.1, -0.05) is 46.3 Å². The molecule has 6 atom stereocenters. The van der Waals surface area contributed by atoms with Crippen molar-refractivity contribution in [2.75, 3.05) is 25.1 Å². The number of anilines is 1. The predicted molar refractivity (Wildman–Crippen MR) is 144 cm³/mol. The number of thioether (sulfide) groups is 1. The van der Waals surface area contributed by atoms with Crippen LogP contribution < -0.4 is 5.32 Å². The van der Waals surface area contributed by atoms with Crippen LogP contribution in [-0.2, 0) is 19.1 Å². The fraction of sp³-hybridized carbons (Fsp3) is 0.519. The molecule has 2 aromatic carbocycles. The Morgan fingerprint density at radius 1 is 1.19 bits per heavy atom. The molecule has 3 aliphatic rings. The standard InChI is InChI=1S/C27H31BrN2O5S/c1-2-35-26(34)20-21-25(33)30(12-6-3-7-13-31)23(27(21)15-19(28)22(20)36-27)24(32)29-18-11-10-16-8-4-5-9-17(16)14-18/h4-5,8-11,14,19-23,31H,2-3,6-7,12-13,15H2,1H3,(H,29,32)/t19?,20-,21-,22-,23?,27?/m0/s1. The number of carbonyl (C=O) groups is 3. The minimum atomic E-state index is -0.690. The van der Waals surface area contributed by atoms with Crippen LogP contribution in [0.1, 0.15) is 32.6 Å². The maximum atomic E-state index is 13.9. The Bertz CT molecular complexity index is 1180. The number of esters is 1. The van der Waals surface area contributed by atoms with Crippen LogP contribution in [0.2, 0.25) is 0 Å². The molecule has 3 aliphatic heterocycles. The van der Waals surface area contributed by atoms with E-state index >= 15 is 0 Å². The van der Waals surface area contributed by atoms with Crippen LogP contribution in [-0.4, -0.2) is 68.4 Å². The van der Waals surface area contributed by atoms with Gasteiger partial charge >= 0.3 is 5.97 Å². The number of rotatable bonds is 9. The van der Waals surface area contributed by atoms with Crippen molar-refractivity contribution in [3.05, 3.63) is 42.5 Å². The number of hydrogen-bond acceptors (Lipinski definition) is 6. The van der Waals surface area contributed by atoms with Crippen molar-refractivity contribution in [3.8, 4) is 0 Å². The fourth-order valence-corrected chi connectivity index (χ4v) is 9.83. The number of nitrogens with zero attached hydrogens (tertiary/aromatic N) is 1. The summed E-state index contributed by atoms with van der Waals surface area (Å²) in [7, 11) is 0. The molecule has 2 N–H and O–H groups in total. The van der Waals surface area contributed by atoms with E-state index in [1.807, 2.05) is 42.5 Å². The number of ether oxygens (including phenoxy) is 1. The Balaban J connectivity index is 1.47. The van der Waals surface area contributed by atoms with Gasteiger partial charge in [-0.3, -0.25) is 14.4 Å². The average Bonchev–Trinajstić information content (AvgIpc) is 3.45. The van der Waals surface area contributed by atoms with Gasteiger partial charge in [0.1, 0.15) is 6.04 Å². The molecule has 7 nitrogen and oxygen atoms in total. The van der Waals surface area contributed by atoms with Crippen LogP contribution in [0, 0.1) is 11.8 Å². The molecule has 1 spiro atoms. The van der Waals surface area contributed by atoms with Crippen molar-refractivity contribution in [1.29, 1.82) is 0 Å². The molecule has 9 heteroatoms. The molecule has 3 unspecified atom stereocenters. The van der Waals surface area contributed by atoms with E-state index in [1.54, 1.807) is 23.6 Å². The van der Waals surface area contributed by atoms with E-state index in [4.69, 9.17) is 4.74 Å². The Hall–Kier alpha value is -2.10. The summed E-state index contributed by atoms with van der Waals surface area (Å²) < 4.78 is 4.70. The lowest BCUT2D eigenvalue weighted by Gasteiger charge is -2.35. The molecule has 0 saturated carbocycles. The van der Waals surface area contributed by atoms with Crippen LogP contribution in [0.5, 0.6) is 0 Å². The highest BCUT2D eigenvalue weighted by molar-refractivity contribution is 9.09. The molecule has 2 bridgehead atoms. The van der Waals surface area contributed by atoms with E-state index in [-0.39, 0.29) is 41.1 Å². The predicted octanol–water partition coefficient (Wildman–Crippen LogP) is 3.97. The van der Waals surface area contributed by atoms with Gasteiger partial charge in [0, 0.05) is 28.9 Å². The van der Waals surface area contributed by atoms with Crippen molar-refractivity contribution >= 4 is 61.9 Å². The third-order valence-corrected chi connectivity index (χ3v) is 10.9. The molecule has 192 valence electrons. The summed E-state index contributed by atoms with van der Waals surface area (Å²) in [5, 5.41) is 14.3. The molecule has 3 heterocycles. The zero-order valence-electron chi connectivity index (χ0n) is 20.2. The number of hydrogen-bond donors (Lipinski definition) is 2. The Morgan fingerprint density at radius 2 is 1.97 bits per heavy atom. The molecule has 3 fully saturated rings. The topological polar surface area (TPSA) is 95.9 Å². The number of carbonyl (C=O) groups excluding carboxylic acids is 3. The van der Waals surface area contributed by atoms with Crippen molar-refractivity contribution in [2.24, 2.45) is 11.8 Å². The molecule has 2 aromatic rings. The highest BCUT2D eigenvalue weighted by atomic mass is 79.9. The zero-order chi connectivity index (χ0) is 25.4. The summed E-state index contributed by atoms with van der Waals surface area (Å²) in [6.07, 6.45) is 2.73. The van der Waals surface area contributed by atoms with E-state index in [0.29, 0.717) is 31.5 Å². The SMILES string of the molecule is CCOC(=O)[C@H]1[C@H]2C(=O)N(CCCCCO)C(C(=O)Nc3ccc4ccccc4c3)C23CC(Br)[C@@H]1S3. The second-order valence-corrected chi connectivity index (χ2v) is 12.5. The van der Waals surface area contributed by atoms with Crippen molar-refractivity contribution in [3.63, 3.8) is 0 Å².